The SMILES string of the molecule is CN(C)CCc1cc[c-](Br)c1Br.[Fe+2].c1cc[cH-]c1. The third-order valence-electron chi connectivity index (χ3n) is 2.31. The molecule has 0 bridgehead atoms. The zero-order valence-electron chi connectivity index (χ0n) is 10.5. The minimum atomic E-state index is 0. The van der Waals surface area contributed by atoms with Crippen molar-refractivity contribution in [3.05, 3.63) is 57.0 Å². The quantitative estimate of drug-likeness (QED) is 0.530. The van der Waals surface area contributed by atoms with Crippen molar-refractivity contribution in [3.63, 3.8) is 0 Å². The van der Waals surface area contributed by atoms with Crippen molar-refractivity contribution in [3.8, 4) is 0 Å². The largest absolute Gasteiger partial charge is 2.00 e. The van der Waals surface area contributed by atoms with Gasteiger partial charge in [-0.05, 0) is 20.6 Å². The van der Waals surface area contributed by atoms with Gasteiger partial charge in [-0.15, -0.1) is 15.9 Å². The number of hydrogen-bond donors (Lipinski definition) is 0. The van der Waals surface area contributed by atoms with E-state index in [1.54, 1.807) is 0 Å². The summed E-state index contributed by atoms with van der Waals surface area (Å²) in [6.07, 6.45) is 1.10. The molecular weight excluding hydrogens is 398 g/mol. The third kappa shape index (κ3) is 6.91. The molecule has 4 heteroatoms. The molecule has 0 heterocycles. The van der Waals surface area contributed by atoms with Crippen LogP contribution in [0, 0.1) is 0 Å². The Morgan fingerprint density at radius 2 is 1.89 bits per heavy atom. The molecule has 2 aromatic rings. The van der Waals surface area contributed by atoms with Gasteiger partial charge in [-0.25, -0.2) is 18.2 Å². The zero-order valence-corrected chi connectivity index (χ0v) is 14.8. The summed E-state index contributed by atoms with van der Waals surface area (Å²) in [5.41, 5.74) is 1.37. The van der Waals surface area contributed by atoms with Crippen LogP contribution in [-0.4, -0.2) is 25.5 Å². The molecule has 0 atom stereocenters. The first-order valence-corrected chi connectivity index (χ1v) is 7.11. The maximum absolute atomic E-state index is 3.53. The van der Waals surface area contributed by atoms with Gasteiger partial charge in [0.2, 0.25) is 0 Å². The first-order chi connectivity index (χ1) is 8.11. The normalized spacial score (nSPS) is 9.61. The van der Waals surface area contributed by atoms with Crippen molar-refractivity contribution in [2.45, 2.75) is 6.42 Å². The summed E-state index contributed by atoms with van der Waals surface area (Å²) >= 11 is 7.00. The fourth-order valence-corrected chi connectivity index (χ4v) is 2.18. The maximum atomic E-state index is 3.53. The van der Waals surface area contributed by atoms with Crippen LogP contribution >= 0.6 is 31.9 Å². The second kappa shape index (κ2) is 9.99. The van der Waals surface area contributed by atoms with Crippen molar-refractivity contribution < 1.29 is 17.1 Å². The monoisotopic (exact) mass is 413 g/mol. The van der Waals surface area contributed by atoms with Gasteiger partial charge in [0.25, 0.3) is 0 Å². The molecule has 0 amide bonds. The molecule has 0 saturated heterocycles. The predicted octanol–water partition coefficient (Wildman–Crippen LogP) is 4.44. The molecule has 1 nitrogen and oxygen atoms in total. The van der Waals surface area contributed by atoms with Crippen LogP contribution < -0.4 is 0 Å². The Morgan fingerprint density at radius 1 is 1.28 bits per heavy atom. The number of halogens is 2. The smallest absolute Gasteiger partial charge is 0.310 e. The molecule has 2 aromatic carbocycles. The molecule has 0 saturated carbocycles. The molecule has 0 unspecified atom stereocenters. The van der Waals surface area contributed by atoms with Gasteiger partial charge in [0.05, 0.1) is 0 Å². The van der Waals surface area contributed by atoms with Gasteiger partial charge in [0.15, 0.2) is 0 Å². The van der Waals surface area contributed by atoms with E-state index in [1.807, 2.05) is 30.3 Å². The molecule has 0 aliphatic heterocycles. The molecule has 0 aliphatic rings. The van der Waals surface area contributed by atoms with E-state index >= 15 is 0 Å². The van der Waals surface area contributed by atoms with Gasteiger partial charge in [-0.2, -0.15) is 29.8 Å². The molecule has 0 N–H and O–H groups in total. The van der Waals surface area contributed by atoms with E-state index in [4.69, 9.17) is 0 Å². The molecule has 0 fully saturated rings. The van der Waals surface area contributed by atoms with E-state index < -0.39 is 0 Å². The van der Waals surface area contributed by atoms with E-state index in [1.165, 1.54) is 10.0 Å². The first-order valence-electron chi connectivity index (χ1n) is 5.52. The number of nitrogens with zero attached hydrogens (tertiary/aromatic N) is 1. The van der Waals surface area contributed by atoms with Crippen LogP contribution in [0.4, 0.5) is 0 Å². The van der Waals surface area contributed by atoms with Crippen molar-refractivity contribution in [1.29, 1.82) is 0 Å². The minimum Gasteiger partial charge on any atom is -0.310 e. The Balaban J connectivity index is 0.000000405. The summed E-state index contributed by atoms with van der Waals surface area (Å²) in [7, 11) is 4.18. The van der Waals surface area contributed by atoms with Crippen LogP contribution in [0.15, 0.2) is 51.4 Å². The number of hydrogen-bond acceptors (Lipinski definition) is 1. The molecule has 0 aliphatic carbocycles. The molecular formula is C14H17Br2FeN. The van der Waals surface area contributed by atoms with Gasteiger partial charge >= 0.3 is 17.1 Å². The van der Waals surface area contributed by atoms with Gasteiger partial charge in [0.1, 0.15) is 0 Å². The summed E-state index contributed by atoms with van der Waals surface area (Å²) < 4.78 is 2.35. The van der Waals surface area contributed by atoms with Crippen molar-refractivity contribution in [1.82, 2.24) is 4.90 Å². The molecule has 0 spiro atoms. The van der Waals surface area contributed by atoms with Crippen LogP contribution in [-0.2, 0) is 23.5 Å². The Labute approximate surface area is 137 Å². The second-order valence-corrected chi connectivity index (χ2v) is 5.68. The predicted molar refractivity (Wildman–Crippen MR) is 81.7 cm³/mol. The van der Waals surface area contributed by atoms with Crippen molar-refractivity contribution in [2.24, 2.45) is 0 Å². The maximum Gasteiger partial charge on any atom is 2.00 e. The van der Waals surface area contributed by atoms with Gasteiger partial charge in [0, 0.05) is 0 Å². The number of rotatable bonds is 3. The van der Waals surface area contributed by atoms with Crippen LogP contribution in [0.25, 0.3) is 0 Å². The Bertz CT molecular complexity index is 390. The summed E-state index contributed by atoms with van der Waals surface area (Å²) in [4.78, 5) is 2.19. The summed E-state index contributed by atoms with van der Waals surface area (Å²) in [6, 6.07) is 14.2. The van der Waals surface area contributed by atoms with Crippen molar-refractivity contribution >= 4 is 31.9 Å². The van der Waals surface area contributed by atoms with E-state index in [2.05, 4.69) is 63.0 Å². The van der Waals surface area contributed by atoms with Crippen molar-refractivity contribution in [2.75, 3.05) is 20.6 Å². The van der Waals surface area contributed by atoms with Crippen LogP contribution in [0.2, 0.25) is 0 Å². The number of likely N-dealkylation sites (N-methyl/N-ethyl adjacent to an activating group) is 1. The average molecular weight is 415 g/mol. The van der Waals surface area contributed by atoms with E-state index in [0.717, 1.165) is 17.4 Å². The van der Waals surface area contributed by atoms with Crippen LogP contribution in [0.1, 0.15) is 5.56 Å². The fourth-order valence-electron chi connectivity index (χ4n) is 1.33. The van der Waals surface area contributed by atoms with Crippen LogP contribution in [0.3, 0.4) is 0 Å². The van der Waals surface area contributed by atoms with E-state index in [9.17, 15) is 0 Å². The zero-order chi connectivity index (χ0) is 12.7. The molecule has 100 valence electrons. The molecule has 2 rings (SSSR count). The Hall–Kier alpha value is 0.139. The summed E-state index contributed by atoms with van der Waals surface area (Å²) in [5.74, 6) is 0. The summed E-state index contributed by atoms with van der Waals surface area (Å²) in [6.45, 7) is 1.09. The van der Waals surface area contributed by atoms with E-state index in [0.29, 0.717) is 0 Å². The average Bonchev–Trinajstić information content (AvgIpc) is 2.93. The Kier molecular flexibility index (Phi) is 10.1. The molecule has 0 radical (unpaired) electrons. The van der Waals surface area contributed by atoms with Gasteiger partial charge in [-0.3, -0.25) is 0 Å². The Morgan fingerprint density at radius 3 is 2.22 bits per heavy atom. The van der Waals surface area contributed by atoms with Crippen LogP contribution in [0.5, 0.6) is 0 Å². The minimum absolute atomic E-state index is 0. The fraction of sp³-hybridized carbons (Fsp3) is 0.286. The van der Waals surface area contributed by atoms with Gasteiger partial charge < -0.3 is 4.90 Å². The van der Waals surface area contributed by atoms with E-state index in [-0.39, 0.29) is 17.1 Å². The summed E-state index contributed by atoms with van der Waals surface area (Å²) in [5, 5.41) is 0. The molecule has 0 aromatic heterocycles. The molecule has 18 heavy (non-hydrogen) atoms. The topological polar surface area (TPSA) is 3.24 Å². The first kappa shape index (κ1) is 18.1. The third-order valence-corrected chi connectivity index (χ3v) is 4.44. The second-order valence-electron chi connectivity index (χ2n) is 4.04. The van der Waals surface area contributed by atoms with Gasteiger partial charge in [-0.1, -0.05) is 31.3 Å². The standard InChI is InChI=1S/C9H12Br2N.C5H5.Fe/c1-12(2)6-5-7-3-4-8(10)9(7)11;1-2-4-5-3-1;/h3-4H,5-6H2,1-2H3;1-5H;/q2*-1;+2.